The van der Waals surface area contributed by atoms with Gasteiger partial charge in [-0.05, 0) is 56.7 Å². The van der Waals surface area contributed by atoms with Crippen molar-refractivity contribution >= 4 is 23.2 Å². The van der Waals surface area contributed by atoms with Gasteiger partial charge in [0.25, 0.3) is 5.91 Å². The van der Waals surface area contributed by atoms with E-state index in [1.165, 1.54) is 0 Å². The SMILES string of the molecule is CCN(c1ccccc1)c1nc(C)cc(C(=O)Nc2cc(C)ccc2OC)n1. The number of nitrogens with one attached hydrogen (secondary N) is 1. The number of hydrogen-bond donors (Lipinski definition) is 1. The number of aryl methyl sites for hydroxylation is 2. The summed E-state index contributed by atoms with van der Waals surface area (Å²) in [5, 5.41) is 2.90. The van der Waals surface area contributed by atoms with Crippen molar-refractivity contribution in [3.8, 4) is 5.75 Å². The molecule has 3 aromatic rings. The zero-order chi connectivity index (χ0) is 20.1. The first-order valence-corrected chi connectivity index (χ1v) is 9.16. The minimum Gasteiger partial charge on any atom is -0.495 e. The lowest BCUT2D eigenvalue weighted by Gasteiger charge is -2.21. The van der Waals surface area contributed by atoms with E-state index in [4.69, 9.17) is 4.74 Å². The first-order chi connectivity index (χ1) is 13.5. The number of benzene rings is 2. The highest BCUT2D eigenvalue weighted by Crippen LogP contribution is 2.26. The Morgan fingerprint density at radius 3 is 2.50 bits per heavy atom. The molecule has 1 heterocycles. The summed E-state index contributed by atoms with van der Waals surface area (Å²) >= 11 is 0. The number of nitrogens with zero attached hydrogens (tertiary/aromatic N) is 3. The molecular weight excluding hydrogens is 352 g/mol. The summed E-state index contributed by atoms with van der Waals surface area (Å²) in [5.41, 5.74) is 3.64. The maximum absolute atomic E-state index is 12.9. The van der Waals surface area contributed by atoms with Gasteiger partial charge in [0, 0.05) is 17.9 Å². The van der Waals surface area contributed by atoms with Crippen LogP contribution in [-0.2, 0) is 0 Å². The Morgan fingerprint density at radius 1 is 1.07 bits per heavy atom. The number of aromatic nitrogens is 2. The Bertz CT molecular complexity index is 974. The van der Waals surface area contributed by atoms with Gasteiger partial charge in [-0.25, -0.2) is 9.97 Å². The maximum atomic E-state index is 12.9. The summed E-state index contributed by atoms with van der Waals surface area (Å²) in [6.07, 6.45) is 0. The summed E-state index contributed by atoms with van der Waals surface area (Å²) in [4.78, 5) is 23.9. The van der Waals surface area contributed by atoms with Crippen molar-refractivity contribution in [2.45, 2.75) is 20.8 Å². The molecule has 1 N–H and O–H groups in total. The van der Waals surface area contributed by atoms with Crippen LogP contribution in [0.1, 0.15) is 28.7 Å². The fourth-order valence-electron chi connectivity index (χ4n) is 2.94. The van der Waals surface area contributed by atoms with Gasteiger partial charge in [-0.1, -0.05) is 24.3 Å². The molecule has 2 aromatic carbocycles. The average Bonchev–Trinajstić information content (AvgIpc) is 2.69. The summed E-state index contributed by atoms with van der Waals surface area (Å²) in [6.45, 7) is 6.52. The summed E-state index contributed by atoms with van der Waals surface area (Å²) in [6, 6.07) is 17.2. The largest absolute Gasteiger partial charge is 0.495 e. The molecule has 0 saturated carbocycles. The number of anilines is 3. The van der Waals surface area contributed by atoms with Crippen LogP contribution in [0.2, 0.25) is 0 Å². The molecule has 0 spiro atoms. The molecule has 0 saturated heterocycles. The van der Waals surface area contributed by atoms with E-state index < -0.39 is 0 Å². The van der Waals surface area contributed by atoms with Crippen molar-refractivity contribution in [3.63, 3.8) is 0 Å². The number of amides is 1. The molecule has 0 aliphatic heterocycles. The summed E-state index contributed by atoms with van der Waals surface area (Å²) < 4.78 is 5.34. The zero-order valence-corrected chi connectivity index (χ0v) is 16.6. The molecule has 6 heteroatoms. The highest BCUT2D eigenvalue weighted by atomic mass is 16.5. The molecule has 6 nitrogen and oxygen atoms in total. The molecule has 0 aliphatic carbocycles. The smallest absolute Gasteiger partial charge is 0.274 e. The topological polar surface area (TPSA) is 67.4 Å². The molecular formula is C22H24N4O2. The van der Waals surface area contributed by atoms with Crippen LogP contribution >= 0.6 is 0 Å². The Morgan fingerprint density at radius 2 is 1.82 bits per heavy atom. The van der Waals surface area contributed by atoms with Gasteiger partial charge in [0.05, 0.1) is 12.8 Å². The van der Waals surface area contributed by atoms with Gasteiger partial charge in [-0.2, -0.15) is 0 Å². The third kappa shape index (κ3) is 4.28. The van der Waals surface area contributed by atoms with E-state index in [0.717, 1.165) is 16.9 Å². The van der Waals surface area contributed by atoms with Gasteiger partial charge < -0.3 is 15.0 Å². The molecule has 1 aromatic heterocycles. The molecule has 0 aliphatic rings. The van der Waals surface area contributed by atoms with Gasteiger partial charge in [-0.3, -0.25) is 4.79 Å². The number of carbonyl (C=O) groups is 1. The van der Waals surface area contributed by atoms with Crippen LogP contribution in [0.15, 0.2) is 54.6 Å². The first-order valence-electron chi connectivity index (χ1n) is 9.16. The predicted molar refractivity (Wildman–Crippen MR) is 112 cm³/mol. The van der Waals surface area contributed by atoms with Gasteiger partial charge >= 0.3 is 0 Å². The minimum atomic E-state index is -0.306. The molecule has 144 valence electrons. The second kappa shape index (κ2) is 8.52. The number of rotatable bonds is 6. The quantitative estimate of drug-likeness (QED) is 0.685. The minimum absolute atomic E-state index is 0.306. The first kappa shape index (κ1) is 19.4. The Labute approximate surface area is 165 Å². The molecule has 0 bridgehead atoms. The van der Waals surface area contributed by atoms with E-state index >= 15 is 0 Å². The number of para-hydroxylation sites is 1. The van der Waals surface area contributed by atoms with E-state index in [9.17, 15) is 4.79 Å². The van der Waals surface area contributed by atoms with E-state index in [0.29, 0.717) is 29.6 Å². The van der Waals surface area contributed by atoms with Crippen molar-refractivity contribution in [1.29, 1.82) is 0 Å². The van der Waals surface area contributed by atoms with Crippen molar-refractivity contribution in [1.82, 2.24) is 9.97 Å². The molecule has 0 radical (unpaired) electrons. The summed E-state index contributed by atoms with van der Waals surface area (Å²) in [7, 11) is 1.58. The normalized spacial score (nSPS) is 10.4. The van der Waals surface area contributed by atoms with Gasteiger partial charge in [0.15, 0.2) is 0 Å². The lowest BCUT2D eigenvalue weighted by atomic mass is 10.2. The van der Waals surface area contributed by atoms with E-state index in [1.54, 1.807) is 13.2 Å². The highest BCUT2D eigenvalue weighted by Gasteiger charge is 2.17. The van der Waals surface area contributed by atoms with Crippen molar-refractivity contribution in [2.24, 2.45) is 0 Å². The van der Waals surface area contributed by atoms with Crippen LogP contribution in [0.25, 0.3) is 0 Å². The van der Waals surface area contributed by atoms with Gasteiger partial charge in [0.1, 0.15) is 11.4 Å². The number of methoxy groups -OCH3 is 1. The highest BCUT2D eigenvalue weighted by molar-refractivity contribution is 6.04. The molecule has 28 heavy (non-hydrogen) atoms. The molecule has 3 rings (SSSR count). The third-order valence-corrected chi connectivity index (χ3v) is 4.30. The Balaban J connectivity index is 1.93. The zero-order valence-electron chi connectivity index (χ0n) is 16.6. The maximum Gasteiger partial charge on any atom is 0.274 e. The fraction of sp³-hybridized carbons (Fsp3) is 0.227. The number of ether oxygens (including phenoxy) is 1. The van der Waals surface area contributed by atoms with Crippen LogP contribution < -0.4 is 15.0 Å². The molecule has 1 amide bonds. The fourth-order valence-corrected chi connectivity index (χ4v) is 2.94. The van der Waals surface area contributed by atoms with Gasteiger partial charge in [-0.15, -0.1) is 0 Å². The molecule has 0 fully saturated rings. The van der Waals surface area contributed by atoms with Crippen molar-refractivity contribution in [2.75, 3.05) is 23.9 Å². The third-order valence-electron chi connectivity index (χ3n) is 4.30. The molecule has 0 atom stereocenters. The monoisotopic (exact) mass is 376 g/mol. The van der Waals surface area contributed by atoms with E-state index in [1.807, 2.05) is 74.2 Å². The van der Waals surface area contributed by atoms with Crippen LogP contribution in [0.3, 0.4) is 0 Å². The van der Waals surface area contributed by atoms with E-state index in [-0.39, 0.29) is 5.91 Å². The average molecular weight is 376 g/mol. The number of hydrogen-bond acceptors (Lipinski definition) is 5. The molecule has 0 unspecified atom stereocenters. The standard InChI is InChI=1S/C22H24N4O2/c1-5-26(17-9-7-6-8-10-17)22-23-16(3)14-19(25-22)21(27)24-18-13-15(2)11-12-20(18)28-4/h6-14H,5H2,1-4H3,(H,24,27). The lowest BCUT2D eigenvalue weighted by Crippen LogP contribution is -2.22. The van der Waals surface area contributed by atoms with Gasteiger partial charge in [0.2, 0.25) is 5.95 Å². The number of carbonyl (C=O) groups excluding carboxylic acids is 1. The Kier molecular flexibility index (Phi) is 5.89. The van der Waals surface area contributed by atoms with Crippen LogP contribution in [-0.4, -0.2) is 29.5 Å². The second-order valence-corrected chi connectivity index (χ2v) is 6.43. The second-order valence-electron chi connectivity index (χ2n) is 6.43. The van der Waals surface area contributed by atoms with Crippen LogP contribution in [0.4, 0.5) is 17.3 Å². The van der Waals surface area contributed by atoms with Crippen molar-refractivity contribution < 1.29 is 9.53 Å². The lowest BCUT2D eigenvalue weighted by molar-refractivity contribution is 0.102. The van der Waals surface area contributed by atoms with Crippen LogP contribution in [0, 0.1) is 13.8 Å². The van der Waals surface area contributed by atoms with Crippen LogP contribution in [0.5, 0.6) is 5.75 Å². The predicted octanol–water partition coefficient (Wildman–Crippen LogP) is 4.51. The Hall–Kier alpha value is -3.41. The van der Waals surface area contributed by atoms with Crippen molar-refractivity contribution in [3.05, 3.63) is 71.5 Å². The summed E-state index contributed by atoms with van der Waals surface area (Å²) in [5.74, 6) is 0.791. The van der Waals surface area contributed by atoms with E-state index in [2.05, 4.69) is 15.3 Å².